The highest BCUT2D eigenvalue weighted by Crippen LogP contribution is 2.32. The third-order valence-corrected chi connectivity index (χ3v) is 3.76. The van der Waals surface area contributed by atoms with Crippen molar-refractivity contribution in [1.29, 1.82) is 0 Å². The fraction of sp³-hybridized carbons (Fsp3) is 0.643. The van der Waals surface area contributed by atoms with Gasteiger partial charge in [0, 0.05) is 12.1 Å². The summed E-state index contributed by atoms with van der Waals surface area (Å²) in [5.74, 6) is 0.161. The van der Waals surface area contributed by atoms with Crippen molar-refractivity contribution >= 4 is 11.8 Å². The van der Waals surface area contributed by atoms with Crippen molar-refractivity contribution in [2.45, 2.75) is 45.6 Å². The molecule has 0 radical (unpaired) electrons. The summed E-state index contributed by atoms with van der Waals surface area (Å²) in [7, 11) is 0. The van der Waals surface area contributed by atoms with Gasteiger partial charge in [0.15, 0.2) is 0 Å². The first-order valence-electron chi connectivity index (χ1n) is 6.83. The molecular formula is C14H20N2O3. The Kier molecular flexibility index (Phi) is 4.35. The fourth-order valence-electron chi connectivity index (χ4n) is 2.60. The summed E-state index contributed by atoms with van der Waals surface area (Å²) in [6.07, 6.45) is 7.00. The third kappa shape index (κ3) is 3.22. The van der Waals surface area contributed by atoms with Gasteiger partial charge in [-0.15, -0.1) is 0 Å². The molecule has 2 rings (SSSR count). The van der Waals surface area contributed by atoms with E-state index in [1.807, 2.05) is 4.68 Å². The molecule has 1 saturated carbocycles. The van der Waals surface area contributed by atoms with Gasteiger partial charge < -0.3 is 4.74 Å². The zero-order valence-corrected chi connectivity index (χ0v) is 11.5. The monoisotopic (exact) mass is 264 g/mol. The van der Waals surface area contributed by atoms with Gasteiger partial charge in [0.2, 0.25) is 0 Å². The molecule has 0 unspecified atom stereocenters. The molecule has 0 atom stereocenters. The lowest BCUT2D eigenvalue weighted by molar-refractivity contribution is -0.121. The molecule has 0 amide bonds. The predicted octanol–water partition coefficient (Wildman–Crippen LogP) is 2.38. The summed E-state index contributed by atoms with van der Waals surface area (Å²) in [4.78, 5) is 22.9. The number of aromatic nitrogens is 2. The lowest BCUT2D eigenvalue weighted by Crippen LogP contribution is -2.22. The van der Waals surface area contributed by atoms with Crippen molar-refractivity contribution in [3.05, 3.63) is 18.0 Å². The number of ether oxygens (including phenoxy) is 1. The van der Waals surface area contributed by atoms with Gasteiger partial charge in [-0.1, -0.05) is 0 Å². The topological polar surface area (TPSA) is 61.2 Å². The number of Topliss-reactive ketones (excluding diaryl/α,β-unsaturated/α-hetero) is 1. The molecule has 1 aromatic heterocycles. The quantitative estimate of drug-likeness (QED) is 0.783. The van der Waals surface area contributed by atoms with Crippen molar-refractivity contribution in [2.75, 3.05) is 6.61 Å². The minimum Gasteiger partial charge on any atom is -0.462 e. The summed E-state index contributed by atoms with van der Waals surface area (Å²) in [6, 6.07) is 0.291. The van der Waals surface area contributed by atoms with Gasteiger partial charge in [-0.25, -0.2) is 4.79 Å². The Morgan fingerprint density at radius 1 is 1.37 bits per heavy atom. The number of rotatable bonds is 4. The van der Waals surface area contributed by atoms with E-state index in [2.05, 4.69) is 5.10 Å². The molecule has 1 heterocycles. The molecule has 1 aromatic rings. The van der Waals surface area contributed by atoms with Crippen LogP contribution in [0.1, 0.15) is 55.9 Å². The maximum Gasteiger partial charge on any atom is 0.341 e. The molecule has 1 fully saturated rings. The van der Waals surface area contributed by atoms with Gasteiger partial charge in [-0.3, -0.25) is 9.48 Å². The van der Waals surface area contributed by atoms with E-state index in [9.17, 15) is 9.59 Å². The van der Waals surface area contributed by atoms with Crippen LogP contribution in [-0.4, -0.2) is 28.1 Å². The first kappa shape index (κ1) is 13.8. The van der Waals surface area contributed by atoms with E-state index in [0.29, 0.717) is 18.2 Å². The molecule has 104 valence electrons. The van der Waals surface area contributed by atoms with E-state index in [0.717, 1.165) is 25.7 Å². The Bertz CT molecular complexity index is 459. The van der Waals surface area contributed by atoms with Crippen molar-refractivity contribution in [3.8, 4) is 0 Å². The summed E-state index contributed by atoms with van der Waals surface area (Å²) in [5, 5.41) is 4.24. The molecule has 0 spiro atoms. The van der Waals surface area contributed by atoms with Crippen LogP contribution in [-0.2, 0) is 9.53 Å². The SMILES string of the molecule is CCOC(=O)c1cnn(C2CCC(C(C)=O)CC2)c1. The standard InChI is InChI=1S/C14H20N2O3/c1-3-19-14(18)12-8-15-16(9-12)13-6-4-11(5-7-13)10(2)17/h8-9,11,13H,3-7H2,1-2H3. The van der Waals surface area contributed by atoms with Gasteiger partial charge in [0.05, 0.1) is 24.4 Å². The second kappa shape index (κ2) is 5.99. The second-order valence-electron chi connectivity index (χ2n) is 5.05. The van der Waals surface area contributed by atoms with E-state index >= 15 is 0 Å². The predicted molar refractivity (Wildman–Crippen MR) is 69.9 cm³/mol. The van der Waals surface area contributed by atoms with Crippen molar-refractivity contribution < 1.29 is 14.3 Å². The first-order chi connectivity index (χ1) is 9.11. The highest BCUT2D eigenvalue weighted by Gasteiger charge is 2.25. The average molecular weight is 264 g/mol. The summed E-state index contributed by atoms with van der Waals surface area (Å²) in [6.45, 7) is 3.82. The van der Waals surface area contributed by atoms with Crippen molar-refractivity contribution in [1.82, 2.24) is 9.78 Å². The molecule has 0 aliphatic heterocycles. The van der Waals surface area contributed by atoms with Crippen LogP contribution in [0.5, 0.6) is 0 Å². The van der Waals surface area contributed by atoms with Crippen LogP contribution in [0, 0.1) is 5.92 Å². The molecule has 0 saturated heterocycles. The Hall–Kier alpha value is -1.65. The lowest BCUT2D eigenvalue weighted by atomic mass is 9.84. The molecule has 5 heteroatoms. The Balaban J connectivity index is 1.97. The van der Waals surface area contributed by atoms with Crippen LogP contribution in [0.2, 0.25) is 0 Å². The maximum absolute atomic E-state index is 11.6. The summed E-state index contributed by atoms with van der Waals surface area (Å²) in [5.41, 5.74) is 0.496. The average Bonchev–Trinajstić information content (AvgIpc) is 2.89. The van der Waals surface area contributed by atoms with Crippen LogP contribution in [0.4, 0.5) is 0 Å². The number of ketones is 1. The Morgan fingerprint density at radius 3 is 2.63 bits per heavy atom. The van der Waals surface area contributed by atoms with Crippen LogP contribution in [0.15, 0.2) is 12.4 Å². The first-order valence-corrected chi connectivity index (χ1v) is 6.83. The molecule has 0 bridgehead atoms. The number of carbonyl (C=O) groups is 2. The van der Waals surface area contributed by atoms with Crippen molar-refractivity contribution in [3.63, 3.8) is 0 Å². The highest BCUT2D eigenvalue weighted by molar-refractivity contribution is 5.88. The Morgan fingerprint density at radius 2 is 2.05 bits per heavy atom. The van der Waals surface area contributed by atoms with E-state index in [1.54, 1.807) is 26.2 Å². The van der Waals surface area contributed by atoms with Gasteiger partial charge in [0.1, 0.15) is 5.78 Å². The minimum absolute atomic E-state index is 0.205. The lowest BCUT2D eigenvalue weighted by Gasteiger charge is -2.27. The van der Waals surface area contributed by atoms with Crippen LogP contribution in [0.25, 0.3) is 0 Å². The highest BCUT2D eigenvalue weighted by atomic mass is 16.5. The Labute approximate surface area is 112 Å². The van der Waals surface area contributed by atoms with Gasteiger partial charge in [-0.2, -0.15) is 5.10 Å². The number of esters is 1. The summed E-state index contributed by atoms with van der Waals surface area (Å²) >= 11 is 0. The number of hydrogen-bond acceptors (Lipinski definition) is 4. The molecule has 0 aromatic carbocycles. The number of carbonyl (C=O) groups excluding carboxylic acids is 2. The minimum atomic E-state index is -0.328. The smallest absolute Gasteiger partial charge is 0.341 e. The molecule has 5 nitrogen and oxygen atoms in total. The van der Waals surface area contributed by atoms with E-state index in [-0.39, 0.29) is 17.7 Å². The normalized spacial score (nSPS) is 23.1. The van der Waals surface area contributed by atoms with Crippen LogP contribution < -0.4 is 0 Å². The fourth-order valence-corrected chi connectivity index (χ4v) is 2.60. The number of hydrogen-bond donors (Lipinski definition) is 0. The molecule has 1 aliphatic carbocycles. The third-order valence-electron chi connectivity index (χ3n) is 3.76. The molecule has 19 heavy (non-hydrogen) atoms. The zero-order chi connectivity index (χ0) is 13.8. The van der Waals surface area contributed by atoms with Crippen LogP contribution in [0.3, 0.4) is 0 Å². The van der Waals surface area contributed by atoms with Crippen molar-refractivity contribution in [2.24, 2.45) is 5.92 Å². The van der Waals surface area contributed by atoms with E-state index < -0.39 is 0 Å². The molecule has 1 aliphatic rings. The van der Waals surface area contributed by atoms with Gasteiger partial charge >= 0.3 is 5.97 Å². The van der Waals surface area contributed by atoms with Gasteiger partial charge in [-0.05, 0) is 39.5 Å². The summed E-state index contributed by atoms with van der Waals surface area (Å²) < 4.78 is 6.78. The van der Waals surface area contributed by atoms with Crippen LogP contribution >= 0.6 is 0 Å². The van der Waals surface area contributed by atoms with Gasteiger partial charge in [0.25, 0.3) is 0 Å². The second-order valence-corrected chi connectivity index (χ2v) is 5.05. The zero-order valence-electron chi connectivity index (χ0n) is 11.5. The maximum atomic E-state index is 11.6. The van der Waals surface area contributed by atoms with E-state index in [4.69, 9.17) is 4.74 Å². The number of nitrogens with zero attached hydrogens (tertiary/aromatic N) is 2. The molecule has 0 N–H and O–H groups in total. The molecular weight excluding hydrogens is 244 g/mol. The largest absolute Gasteiger partial charge is 0.462 e. The van der Waals surface area contributed by atoms with E-state index in [1.165, 1.54) is 0 Å².